The van der Waals surface area contributed by atoms with Crippen LogP contribution in [-0.2, 0) is 11.2 Å². The van der Waals surface area contributed by atoms with Gasteiger partial charge in [0.05, 0.1) is 6.42 Å². The molecule has 0 saturated heterocycles. The first-order valence-corrected chi connectivity index (χ1v) is 6.79. The highest BCUT2D eigenvalue weighted by Gasteiger charge is 2.16. The van der Waals surface area contributed by atoms with Crippen LogP contribution >= 0.6 is 11.6 Å². The molecule has 1 fully saturated rings. The summed E-state index contributed by atoms with van der Waals surface area (Å²) in [6.45, 7) is 0. The van der Waals surface area contributed by atoms with Gasteiger partial charge in [-0.3, -0.25) is 4.79 Å². The monoisotopic (exact) mass is 267 g/mol. The van der Waals surface area contributed by atoms with Crippen molar-refractivity contribution in [1.82, 2.24) is 5.32 Å². The van der Waals surface area contributed by atoms with Crippen molar-refractivity contribution in [2.75, 3.05) is 0 Å². The van der Waals surface area contributed by atoms with Crippen LogP contribution in [0.3, 0.4) is 0 Å². The van der Waals surface area contributed by atoms with E-state index in [1.165, 1.54) is 25.3 Å². The Kier molecular flexibility index (Phi) is 4.48. The van der Waals surface area contributed by atoms with Gasteiger partial charge in [0.2, 0.25) is 5.91 Å². The van der Waals surface area contributed by atoms with E-state index in [9.17, 15) is 9.90 Å². The van der Waals surface area contributed by atoms with Crippen LogP contribution in [0.15, 0.2) is 18.2 Å². The molecule has 18 heavy (non-hydrogen) atoms. The highest BCUT2D eigenvalue weighted by Crippen LogP contribution is 2.22. The van der Waals surface area contributed by atoms with Crippen molar-refractivity contribution < 1.29 is 9.90 Å². The first-order chi connectivity index (χ1) is 8.65. The zero-order chi connectivity index (χ0) is 13.0. The van der Waals surface area contributed by atoms with Gasteiger partial charge < -0.3 is 10.4 Å². The minimum absolute atomic E-state index is 0.0191. The molecule has 1 aliphatic carbocycles. The lowest BCUT2D eigenvalue weighted by Gasteiger charge is -2.22. The second-order valence-corrected chi connectivity index (χ2v) is 5.26. The van der Waals surface area contributed by atoms with Crippen molar-refractivity contribution in [3.05, 3.63) is 28.8 Å². The summed E-state index contributed by atoms with van der Waals surface area (Å²) >= 11 is 5.99. The molecule has 3 nitrogen and oxygen atoms in total. The number of benzene rings is 1. The molecular weight excluding hydrogens is 250 g/mol. The lowest BCUT2D eigenvalue weighted by molar-refractivity contribution is -0.121. The molecule has 0 spiro atoms. The highest BCUT2D eigenvalue weighted by atomic mass is 35.5. The molecule has 98 valence electrons. The summed E-state index contributed by atoms with van der Waals surface area (Å²) in [5.41, 5.74) is 0.671. The SMILES string of the molecule is O=C(Cc1cc(O)ccc1Cl)NC1CCCCC1. The van der Waals surface area contributed by atoms with E-state index in [4.69, 9.17) is 11.6 Å². The maximum absolute atomic E-state index is 11.9. The number of rotatable bonds is 3. The molecule has 0 radical (unpaired) electrons. The number of phenolic OH excluding ortho intramolecular Hbond substituents is 1. The largest absolute Gasteiger partial charge is 0.508 e. The first-order valence-electron chi connectivity index (χ1n) is 6.42. The van der Waals surface area contributed by atoms with E-state index in [2.05, 4.69) is 5.32 Å². The first kappa shape index (κ1) is 13.2. The summed E-state index contributed by atoms with van der Waals surface area (Å²) in [5, 5.41) is 12.9. The average molecular weight is 268 g/mol. The molecule has 1 aromatic carbocycles. The third kappa shape index (κ3) is 3.64. The van der Waals surface area contributed by atoms with Crippen molar-refractivity contribution in [1.29, 1.82) is 0 Å². The normalized spacial score (nSPS) is 16.5. The third-order valence-electron chi connectivity index (χ3n) is 3.35. The van der Waals surface area contributed by atoms with E-state index < -0.39 is 0 Å². The van der Waals surface area contributed by atoms with E-state index in [0.717, 1.165) is 12.8 Å². The Bertz CT molecular complexity index is 428. The number of amides is 1. The minimum atomic E-state index is -0.0191. The Morgan fingerprint density at radius 3 is 2.78 bits per heavy atom. The lowest BCUT2D eigenvalue weighted by atomic mass is 9.95. The summed E-state index contributed by atoms with van der Waals surface area (Å²) in [4.78, 5) is 11.9. The predicted octanol–water partition coefficient (Wildman–Crippen LogP) is 3.04. The summed E-state index contributed by atoms with van der Waals surface area (Å²) in [5.74, 6) is 0.120. The lowest BCUT2D eigenvalue weighted by Crippen LogP contribution is -2.37. The molecule has 1 aliphatic rings. The topological polar surface area (TPSA) is 49.3 Å². The maximum Gasteiger partial charge on any atom is 0.224 e. The van der Waals surface area contributed by atoms with Gasteiger partial charge in [-0.1, -0.05) is 30.9 Å². The van der Waals surface area contributed by atoms with Crippen molar-refractivity contribution in [3.63, 3.8) is 0 Å². The molecule has 1 amide bonds. The number of nitrogens with one attached hydrogen (secondary N) is 1. The van der Waals surface area contributed by atoms with Gasteiger partial charge in [-0.05, 0) is 36.6 Å². The Hall–Kier alpha value is -1.22. The fraction of sp³-hybridized carbons (Fsp3) is 0.500. The predicted molar refractivity (Wildman–Crippen MR) is 71.8 cm³/mol. The van der Waals surface area contributed by atoms with Crippen molar-refractivity contribution in [3.8, 4) is 5.75 Å². The Morgan fingerprint density at radius 1 is 1.33 bits per heavy atom. The molecule has 4 heteroatoms. The van der Waals surface area contributed by atoms with Gasteiger partial charge in [0.15, 0.2) is 0 Å². The van der Waals surface area contributed by atoms with E-state index in [1.807, 2.05) is 0 Å². The van der Waals surface area contributed by atoms with Gasteiger partial charge in [0.25, 0.3) is 0 Å². The van der Waals surface area contributed by atoms with Crippen LogP contribution in [0.4, 0.5) is 0 Å². The summed E-state index contributed by atoms with van der Waals surface area (Å²) in [6, 6.07) is 4.98. The van der Waals surface area contributed by atoms with Crippen molar-refractivity contribution in [2.45, 2.75) is 44.6 Å². The summed E-state index contributed by atoms with van der Waals surface area (Å²) < 4.78 is 0. The smallest absolute Gasteiger partial charge is 0.224 e. The van der Waals surface area contributed by atoms with Crippen LogP contribution in [0.2, 0.25) is 5.02 Å². The number of halogens is 1. The fourth-order valence-electron chi connectivity index (χ4n) is 2.40. The van der Waals surface area contributed by atoms with Crippen LogP contribution in [0.5, 0.6) is 5.75 Å². The number of phenols is 1. The fourth-order valence-corrected chi connectivity index (χ4v) is 2.58. The Balaban J connectivity index is 1.92. The Morgan fingerprint density at radius 2 is 2.06 bits per heavy atom. The number of hydrogen-bond acceptors (Lipinski definition) is 2. The van der Waals surface area contributed by atoms with Crippen LogP contribution in [0.1, 0.15) is 37.7 Å². The zero-order valence-electron chi connectivity index (χ0n) is 10.3. The van der Waals surface area contributed by atoms with E-state index in [-0.39, 0.29) is 18.1 Å². The molecule has 0 bridgehead atoms. The van der Waals surface area contributed by atoms with E-state index >= 15 is 0 Å². The molecule has 0 heterocycles. The van der Waals surface area contributed by atoms with E-state index in [0.29, 0.717) is 16.6 Å². The van der Waals surface area contributed by atoms with Crippen molar-refractivity contribution >= 4 is 17.5 Å². The van der Waals surface area contributed by atoms with Gasteiger partial charge in [-0.2, -0.15) is 0 Å². The number of aromatic hydroxyl groups is 1. The van der Waals surface area contributed by atoms with Gasteiger partial charge in [0, 0.05) is 11.1 Å². The number of carbonyl (C=O) groups is 1. The van der Waals surface area contributed by atoms with Crippen LogP contribution in [0, 0.1) is 0 Å². The Labute approximate surface area is 112 Å². The summed E-state index contributed by atoms with van der Waals surface area (Å²) in [6.07, 6.45) is 6.02. The van der Waals surface area contributed by atoms with Gasteiger partial charge >= 0.3 is 0 Å². The quantitative estimate of drug-likeness (QED) is 0.884. The standard InChI is InChI=1S/C14H18ClNO2/c15-13-7-6-12(17)8-10(13)9-14(18)16-11-4-2-1-3-5-11/h6-8,11,17H,1-5,9H2,(H,16,18). The second-order valence-electron chi connectivity index (χ2n) is 4.85. The second kappa shape index (κ2) is 6.10. The molecule has 0 aliphatic heterocycles. The van der Waals surface area contributed by atoms with Crippen molar-refractivity contribution in [2.24, 2.45) is 0 Å². The van der Waals surface area contributed by atoms with Gasteiger partial charge in [0.1, 0.15) is 5.75 Å². The molecule has 0 unspecified atom stereocenters. The molecular formula is C14H18ClNO2. The minimum Gasteiger partial charge on any atom is -0.508 e. The number of hydrogen-bond donors (Lipinski definition) is 2. The molecule has 1 saturated carbocycles. The van der Waals surface area contributed by atoms with Gasteiger partial charge in [-0.15, -0.1) is 0 Å². The summed E-state index contributed by atoms with van der Waals surface area (Å²) in [7, 11) is 0. The average Bonchev–Trinajstić information content (AvgIpc) is 2.35. The van der Waals surface area contributed by atoms with Crippen LogP contribution < -0.4 is 5.32 Å². The molecule has 2 N–H and O–H groups in total. The van der Waals surface area contributed by atoms with Gasteiger partial charge in [-0.25, -0.2) is 0 Å². The molecule has 2 rings (SSSR count). The maximum atomic E-state index is 11.9. The van der Waals surface area contributed by atoms with E-state index in [1.54, 1.807) is 12.1 Å². The zero-order valence-corrected chi connectivity index (χ0v) is 11.0. The van der Waals surface area contributed by atoms with Crippen LogP contribution in [0.25, 0.3) is 0 Å². The van der Waals surface area contributed by atoms with Crippen LogP contribution in [-0.4, -0.2) is 17.1 Å². The molecule has 0 atom stereocenters. The molecule has 1 aromatic rings. The number of carbonyl (C=O) groups excluding carboxylic acids is 1. The molecule has 0 aromatic heterocycles. The third-order valence-corrected chi connectivity index (χ3v) is 3.72. The highest BCUT2D eigenvalue weighted by molar-refractivity contribution is 6.31.